The monoisotopic (exact) mass is 390 g/mol. The first kappa shape index (κ1) is 17.7. The largest absolute Gasteiger partial charge is 0.417 e. The van der Waals surface area contributed by atoms with Gasteiger partial charge in [0.2, 0.25) is 5.89 Å². The number of nitrogens with zero attached hydrogens (tertiary/aromatic N) is 2. The zero-order valence-electron chi connectivity index (χ0n) is 12.9. The summed E-state index contributed by atoms with van der Waals surface area (Å²) in [5, 5.41) is 7.53. The summed E-state index contributed by atoms with van der Waals surface area (Å²) >= 11 is 17.1. The number of hydrogen-bond acceptors (Lipinski definition) is 3. The van der Waals surface area contributed by atoms with E-state index in [1.54, 1.807) is 6.08 Å². The second-order valence-electron chi connectivity index (χ2n) is 5.19. The van der Waals surface area contributed by atoms with E-state index in [0.717, 1.165) is 16.7 Å². The molecule has 3 aromatic rings. The fourth-order valence-electron chi connectivity index (χ4n) is 2.11. The molecule has 0 saturated carbocycles. The Labute approximate surface area is 160 Å². The first-order chi connectivity index (χ1) is 12.0. The number of rotatable bonds is 4. The van der Waals surface area contributed by atoms with E-state index in [-0.39, 0.29) is 11.8 Å². The summed E-state index contributed by atoms with van der Waals surface area (Å²) in [5.74, 6) is 0.211. The minimum atomic E-state index is -1.72. The van der Waals surface area contributed by atoms with E-state index in [0.29, 0.717) is 0 Å². The Balaban J connectivity index is 1.73. The molecule has 0 aliphatic rings. The highest BCUT2D eigenvalue weighted by Gasteiger charge is 2.29. The van der Waals surface area contributed by atoms with Crippen LogP contribution in [0.2, 0.25) is 0 Å². The molecule has 0 unspecified atom stereocenters. The molecule has 2 aromatic carbocycles. The third-order valence-electron chi connectivity index (χ3n) is 3.28. The van der Waals surface area contributed by atoms with Gasteiger partial charge < -0.3 is 4.42 Å². The van der Waals surface area contributed by atoms with E-state index >= 15 is 0 Å². The summed E-state index contributed by atoms with van der Waals surface area (Å²) in [6.07, 6.45) is 7.65. The first-order valence-electron chi connectivity index (χ1n) is 7.43. The van der Waals surface area contributed by atoms with Crippen molar-refractivity contribution in [2.45, 2.75) is 3.79 Å². The van der Waals surface area contributed by atoms with Crippen LogP contribution in [0.25, 0.3) is 24.3 Å². The van der Waals surface area contributed by atoms with E-state index in [2.05, 4.69) is 34.5 Å². The third-order valence-corrected chi connectivity index (χ3v) is 3.76. The van der Waals surface area contributed by atoms with Gasteiger partial charge in [-0.2, -0.15) is 0 Å². The predicted octanol–water partition coefficient (Wildman–Crippen LogP) is 6.24. The zero-order chi connectivity index (χ0) is 17.7. The Morgan fingerprint density at radius 3 is 1.96 bits per heavy atom. The Bertz CT molecular complexity index is 896. The van der Waals surface area contributed by atoms with Crippen molar-refractivity contribution in [1.29, 1.82) is 0 Å². The maximum Gasteiger partial charge on any atom is 0.268 e. The number of benzene rings is 2. The Morgan fingerprint density at radius 2 is 1.32 bits per heavy atom. The lowest BCUT2D eigenvalue weighted by Gasteiger charge is -2.01. The molecule has 25 heavy (non-hydrogen) atoms. The number of halogens is 3. The molecule has 0 N–H and O–H groups in total. The molecule has 0 fully saturated rings. The van der Waals surface area contributed by atoms with Gasteiger partial charge in [0.1, 0.15) is 0 Å². The zero-order valence-corrected chi connectivity index (χ0v) is 15.2. The third kappa shape index (κ3) is 5.20. The summed E-state index contributed by atoms with van der Waals surface area (Å²) < 4.78 is 3.57. The van der Waals surface area contributed by atoms with Crippen molar-refractivity contribution in [2.24, 2.45) is 0 Å². The smallest absolute Gasteiger partial charge is 0.268 e. The summed E-state index contributed by atoms with van der Waals surface area (Å²) in [5.41, 5.74) is 3.22. The highest BCUT2D eigenvalue weighted by atomic mass is 35.6. The van der Waals surface area contributed by atoms with E-state index in [9.17, 15) is 0 Å². The molecule has 3 rings (SSSR count). The van der Waals surface area contributed by atoms with E-state index in [1.165, 1.54) is 0 Å². The van der Waals surface area contributed by atoms with Gasteiger partial charge in [0.25, 0.3) is 9.68 Å². The van der Waals surface area contributed by atoms with Crippen LogP contribution in [0.15, 0.2) is 59.0 Å². The van der Waals surface area contributed by atoms with Gasteiger partial charge >= 0.3 is 0 Å². The van der Waals surface area contributed by atoms with Crippen molar-refractivity contribution < 1.29 is 4.42 Å². The van der Waals surface area contributed by atoms with E-state index in [4.69, 9.17) is 39.2 Å². The first-order valence-corrected chi connectivity index (χ1v) is 8.56. The van der Waals surface area contributed by atoms with Crippen molar-refractivity contribution >= 4 is 59.1 Å². The molecule has 0 atom stereocenters. The van der Waals surface area contributed by atoms with E-state index in [1.807, 2.05) is 48.5 Å². The quantitative estimate of drug-likeness (QED) is 0.390. The van der Waals surface area contributed by atoms with Gasteiger partial charge in [-0.15, -0.1) is 10.2 Å². The van der Waals surface area contributed by atoms with Crippen LogP contribution in [-0.2, 0) is 3.79 Å². The maximum atomic E-state index is 5.70. The van der Waals surface area contributed by atoms with Crippen LogP contribution < -0.4 is 0 Å². The average Bonchev–Trinajstić information content (AvgIpc) is 3.09. The maximum absolute atomic E-state index is 5.70. The fraction of sp³-hybridized carbons (Fsp3) is 0.0526. The van der Waals surface area contributed by atoms with Crippen LogP contribution >= 0.6 is 34.8 Å². The molecule has 1 aromatic heterocycles. The molecule has 6 heteroatoms. The lowest BCUT2D eigenvalue weighted by molar-refractivity contribution is 0.493. The molecule has 1 heterocycles. The molecule has 3 nitrogen and oxygen atoms in total. The Morgan fingerprint density at radius 1 is 0.720 bits per heavy atom. The number of hydrogen-bond donors (Lipinski definition) is 0. The Hall–Kier alpha value is -2.07. The highest BCUT2D eigenvalue weighted by Crippen LogP contribution is 2.37. The van der Waals surface area contributed by atoms with Gasteiger partial charge in [0.15, 0.2) is 0 Å². The second-order valence-corrected chi connectivity index (χ2v) is 7.47. The average molecular weight is 392 g/mol. The summed E-state index contributed by atoms with van der Waals surface area (Å²) in [6, 6.07) is 18.1. The fourth-order valence-corrected chi connectivity index (χ4v) is 2.34. The molecule has 0 spiro atoms. The standard InChI is InChI=1S/C19H13Cl3N2O/c20-19(21,22)18-24-23-17(25-18)12-11-16-8-4-7-15(13-16)10-9-14-5-2-1-3-6-14/h1-13H. The summed E-state index contributed by atoms with van der Waals surface area (Å²) in [7, 11) is 0. The molecule has 0 saturated heterocycles. The van der Waals surface area contributed by atoms with Crippen LogP contribution in [0.4, 0.5) is 0 Å². The van der Waals surface area contributed by atoms with Gasteiger partial charge in [0.05, 0.1) is 0 Å². The summed E-state index contributed by atoms with van der Waals surface area (Å²) in [6.45, 7) is 0. The topological polar surface area (TPSA) is 38.9 Å². The van der Waals surface area contributed by atoms with Crippen molar-refractivity contribution in [3.8, 4) is 0 Å². The van der Waals surface area contributed by atoms with Gasteiger partial charge in [-0.25, -0.2) is 0 Å². The van der Waals surface area contributed by atoms with Crippen LogP contribution in [0.5, 0.6) is 0 Å². The van der Waals surface area contributed by atoms with Crippen LogP contribution in [0, 0.1) is 0 Å². The predicted molar refractivity (Wildman–Crippen MR) is 104 cm³/mol. The molecule has 0 bridgehead atoms. The SMILES string of the molecule is ClC(Cl)(Cl)c1nnc(C=Cc2cccc(C=Cc3ccccc3)c2)o1. The van der Waals surface area contributed by atoms with Crippen LogP contribution in [0.3, 0.4) is 0 Å². The minimum absolute atomic E-state index is 0.0586. The molecular weight excluding hydrogens is 379 g/mol. The lowest BCUT2D eigenvalue weighted by atomic mass is 10.1. The van der Waals surface area contributed by atoms with Gasteiger partial charge in [-0.1, -0.05) is 95.5 Å². The number of alkyl halides is 3. The van der Waals surface area contributed by atoms with Crippen molar-refractivity contribution in [3.63, 3.8) is 0 Å². The van der Waals surface area contributed by atoms with Crippen LogP contribution in [-0.4, -0.2) is 10.2 Å². The van der Waals surface area contributed by atoms with Crippen molar-refractivity contribution in [2.75, 3.05) is 0 Å². The highest BCUT2D eigenvalue weighted by molar-refractivity contribution is 6.66. The minimum Gasteiger partial charge on any atom is -0.417 e. The van der Waals surface area contributed by atoms with Crippen molar-refractivity contribution in [3.05, 3.63) is 83.1 Å². The molecular formula is C19H13Cl3N2O. The number of aromatic nitrogens is 2. The van der Waals surface area contributed by atoms with Crippen LogP contribution in [0.1, 0.15) is 28.5 Å². The normalized spacial score (nSPS) is 12.3. The Kier molecular flexibility index (Phi) is 5.59. The second kappa shape index (κ2) is 7.87. The molecule has 0 aliphatic carbocycles. The molecule has 0 amide bonds. The summed E-state index contributed by atoms with van der Waals surface area (Å²) in [4.78, 5) is 0. The van der Waals surface area contributed by atoms with E-state index < -0.39 is 3.79 Å². The molecule has 0 aliphatic heterocycles. The van der Waals surface area contributed by atoms with Gasteiger partial charge in [-0.05, 0) is 28.8 Å². The van der Waals surface area contributed by atoms with Gasteiger partial charge in [0, 0.05) is 6.08 Å². The van der Waals surface area contributed by atoms with Crippen molar-refractivity contribution in [1.82, 2.24) is 10.2 Å². The molecule has 0 radical (unpaired) electrons. The van der Waals surface area contributed by atoms with Gasteiger partial charge in [-0.3, -0.25) is 0 Å². The lowest BCUT2D eigenvalue weighted by Crippen LogP contribution is -1.99. The molecule has 126 valence electrons.